The summed E-state index contributed by atoms with van der Waals surface area (Å²) in [5, 5.41) is 17.0. The third-order valence-electron chi connectivity index (χ3n) is 1.96. The van der Waals surface area contributed by atoms with Crippen molar-refractivity contribution in [1.82, 2.24) is 15.2 Å². The number of hydrogen-bond donors (Lipinski definition) is 2. The fourth-order valence-corrected chi connectivity index (χ4v) is 1.91. The Bertz CT molecular complexity index is 321. The highest BCUT2D eigenvalue weighted by Crippen LogP contribution is 2.13. The minimum atomic E-state index is -0.530. The predicted octanol–water partition coefficient (Wildman–Crippen LogP) is 0.618. The molecule has 0 aliphatic rings. The van der Waals surface area contributed by atoms with Gasteiger partial charge >= 0.3 is 0 Å². The van der Waals surface area contributed by atoms with Crippen LogP contribution >= 0.6 is 11.8 Å². The third kappa shape index (κ3) is 6.02. The van der Waals surface area contributed by atoms with E-state index in [1.165, 1.54) is 11.8 Å². The molecule has 2 atom stereocenters. The molecule has 0 saturated heterocycles. The summed E-state index contributed by atoms with van der Waals surface area (Å²) in [6.07, 6.45) is -0.538. The SMILES string of the molecule is COCC(C)OCC(O)CSc1n[nH]c(C)n1. The summed E-state index contributed by atoms with van der Waals surface area (Å²) < 4.78 is 10.3. The molecule has 0 radical (unpaired) electrons. The smallest absolute Gasteiger partial charge is 0.208 e. The van der Waals surface area contributed by atoms with Crippen LogP contribution in [-0.4, -0.2) is 58.6 Å². The topological polar surface area (TPSA) is 80.3 Å². The fourth-order valence-electron chi connectivity index (χ4n) is 1.16. The lowest BCUT2D eigenvalue weighted by molar-refractivity contribution is -0.0257. The van der Waals surface area contributed by atoms with E-state index in [4.69, 9.17) is 9.47 Å². The van der Waals surface area contributed by atoms with E-state index < -0.39 is 6.10 Å². The number of ether oxygens (including phenoxy) is 2. The molecule has 7 heteroatoms. The summed E-state index contributed by atoms with van der Waals surface area (Å²) in [7, 11) is 1.62. The van der Waals surface area contributed by atoms with Crippen molar-refractivity contribution in [2.75, 3.05) is 26.1 Å². The van der Waals surface area contributed by atoms with Crippen molar-refractivity contribution in [3.8, 4) is 0 Å². The molecule has 0 aliphatic heterocycles. The Morgan fingerprint density at radius 1 is 1.47 bits per heavy atom. The van der Waals surface area contributed by atoms with Gasteiger partial charge in [-0.15, -0.1) is 5.10 Å². The molecule has 17 heavy (non-hydrogen) atoms. The minimum absolute atomic E-state index is 0.00889. The van der Waals surface area contributed by atoms with Crippen molar-refractivity contribution < 1.29 is 14.6 Å². The lowest BCUT2D eigenvalue weighted by Gasteiger charge is -2.14. The zero-order valence-corrected chi connectivity index (χ0v) is 11.2. The number of nitrogens with zero attached hydrogens (tertiary/aromatic N) is 2. The van der Waals surface area contributed by atoms with Gasteiger partial charge in [-0.05, 0) is 13.8 Å². The third-order valence-corrected chi connectivity index (χ3v) is 2.95. The van der Waals surface area contributed by atoms with Gasteiger partial charge in [0.1, 0.15) is 5.82 Å². The van der Waals surface area contributed by atoms with Gasteiger partial charge in [-0.2, -0.15) is 0 Å². The Balaban J connectivity index is 2.14. The van der Waals surface area contributed by atoms with Crippen LogP contribution in [0, 0.1) is 6.92 Å². The molecule has 6 nitrogen and oxygen atoms in total. The maximum Gasteiger partial charge on any atom is 0.208 e. The number of aryl methyl sites for hydroxylation is 1. The number of hydrogen-bond acceptors (Lipinski definition) is 6. The zero-order valence-electron chi connectivity index (χ0n) is 10.3. The monoisotopic (exact) mass is 261 g/mol. The second kappa shape index (κ2) is 7.65. The van der Waals surface area contributed by atoms with Gasteiger partial charge in [-0.1, -0.05) is 11.8 Å². The fraction of sp³-hybridized carbons (Fsp3) is 0.800. The van der Waals surface area contributed by atoms with Crippen molar-refractivity contribution in [3.63, 3.8) is 0 Å². The molecule has 0 aromatic carbocycles. The highest BCUT2D eigenvalue weighted by molar-refractivity contribution is 7.99. The molecule has 1 rings (SSSR count). The molecule has 1 heterocycles. The van der Waals surface area contributed by atoms with E-state index in [1.807, 2.05) is 13.8 Å². The summed E-state index contributed by atoms with van der Waals surface area (Å²) in [5.41, 5.74) is 0. The second-order valence-corrected chi connectivity index (χ2v) is 4.75. The molecule has 0 saturated carbocycles. The highest BCUT2D eigenvalue weighted by Gasteiger charge is 2.10. The number of methoxy groups -OCH3 is 1. The average Bonchev–Trinajstić information content (AvgIpc) is 2.70. The standard InChI is InChI=1S/C10H19N3O3S/c1-7(4-15-3)16-5-9(14)6-17-10-11-8(2)12-13-10/h7,9,14H,4-6H2,1-3H3,(H,11,12,13). The van der Waals surface area contributed by atoms with Crippen LogP contribution in [0.15, 0.2) is 5.16 Å². The first-order valence-electron chi connectivity index (χ1n) is 5.42. The molecule has 1 aromatic heterocycles. The van der Waals surface area contributed by atoms with Gasteiger partial charge in [0.05, 0.1) is 25.4 Å². The van der Waals surface area contributed by atoms with Crippen LogP contribution in [0.3, 0.4) is 0 Å². The highest BCUT2D eigenvalue weighted by atomic mass is 32.2. The molecule has 0 spiro atoms. The summed E-state index contributed by atoms with van der Waals surface area (Å²) in [6, 6.07) is 0. The van der Waals surface area contributed by atoms with E-state index in [2.05, 4.69) is 15.2 Å². The van der Waals surface area contributed by atoms with Crippen molar-refractivity contribution >= 4 is 11.8 Å². The lowest BCUT2D eigenvalue weighted by Crippen LogP contribution is -2.24. The first-order chi connectivity index (χ1) is 8.11. The van der Waals surface area contributed by atoms with E-state index in [0.717, 1.165) is 5.82 Å². The molecule has 2 unspecified atom stereocenters. The number of H-pyrrole nitrogens is 1. The van der Waals surface area contributed by atoms with Gasteiger partial charge in [0.15, 0.2) is 0 Å². The molecule has 0 bridgehead atoms. The number of rotatable bonds is 8. The first kappa shape index (κ1) is 14.4. The Hall–Kier alpha value is -0.630. The largest absolute Gasteiger partial charge is 0.390 e. The second-order valence-electron chi connectivity index (χ2n) is 3.77. The number of aromatic nitrogens is 3. The van der Waals surface area contributed by atoms with Crippen LogP contribution in [0.2, 0.25) is 0 Å². The molecular formula is C10H19N3O3S. The summed E-state index contributed by atoms with van der Waals surface area (Å²) in [5.74, 6) is 1.28. The number of nitrogens with one attached hydrogen (secondary N) is 1. The number of aromatic amines is 1. The maximum absolute atomic E-state index is 9.68. The Morgan fingerprint density at radius 3 is 2.82 bits per heavy atom. The predicted molar refractivity (Wildman–Crippen MR) is 65.1 cm³/mol. The van der Waals surface area contributed by atoms with E-state index in [1.54, 1.807) is 7.11 Å². The van der Waals surface area contributed by atoms with Gasteiger partial charge in [0, 0.05) is 12.9 Å². The lowest BCUT2D eigenvalue weighted by atomic mass is 10.4. The number of aliphatic hydroxyl groups is 1. The first-order valence-corrected chi connectivity index (χ1v) is 6.40. The van der Waals surface area contributed by atoms with Crippen molar-refractivity contribution in [2.24, 2.45) is 0 Å². The Morgan fingerprint density at radius 2 is 2.24 bits per heavy atom. The van der Waals surface area contributed by atoms with Crippen molar-refractivity contribution in [3.05, 3.63) is 5.82 Å². The normalized spacial score (nSPS) is 14.8. The quantitative estimate of drug-likeness (QED) is 0.668. The van der Waals surface area contributed by atoms with Gasteiger partial charge in [0.25, 0.3) is 0 Å². The number of aliphatic hydroxyl groups excluding tert-OH is 1. The Kier molecular flexibility index (Phi) is 6.49. The minimum Gasteiger partial charge on any atom is -0.390 e. The molecule has 1 aromatic rings. The van der Waals surface area contributed by atoms with E-state index in [0.29, 0.717) is 24.1 Å². The molecular weight excluding hydrogens is 242 g/mol. The van der Waals surface area contributed by atoms with Crippen LogP contribution in [0.5, 0.6) is 0 Å². The van der Waals surface area contributed by atoms with Crippen LogP contribution in [0.4, 0.5) is 0 Å². The molecule has 98 valence electrons. The van der Waals surface area contributed by atoms with Gasteiger partial charge in [-0.25, -0.2) is 4.98 Å². The summed E-state index contributed by atoms with van der Waals surface area (Å²) in [4.78, 5) is 4.13. The van der Waals surface area contributed by atoms with Crippen molar-refractivity contribution in [2.45, 2.75) is 31.2 Å². The van der Waals surface area contributed by atoms with E-state index in [-0.39, 0.29) is 6.10 Å². The zero-order chi connectivity index (χ0) is 12.7. The summed E-state index contributed by atoms with van der Waals surface area (Å²) >= 11 is 1.40. The van der Waals surface area contributed by atoms with Crippen LogP contribution < -0.4 is 0 Å². The van der Waals surface area contributed by atoms with Gasteiger partial charge in [0.2, 0.25) is 5.16 Å². The van der Waals surface area contributed by atoms with E-state index in [9.17, 15) is 5.11 Å². The van der Waals surface area contributed by atoms with E-state index >= 15 is 0 Å². The Labute approximate surface area is 105 Å². The van der Waals surface area contributed by atoms with Crippen LogP contribution in [0.1, 0.15) is 12.7 Å². The maximum atomic E-state index is 9.68. The molecule has 2 N–H and O–H groups in total. The average molecular weight is 261 g/mol. The van der Waals surface area contributed by atoms with Crippen LogP contribution in [-0.2, 0) is 9.47 Å². The number of thioether (sulfide) groups is 1. The molecule has 0 fully saturated rings. The van der Waals surface area contributed by atoms with Gasteiger partial charge < -0.3 is 14.6 Å². The summed E-state index contributed by atoms with van der Waals surface area (Å²) in [6.45, 7) is 4.56. The molecule has 0 amide bonds. The van der Waals surface area contributed by atoms with Gasteiger partial charge in [-0.3, -0.25) is 5.10 Å². The van der Waals surface area contributed by atoms with Crippen molar-refractivity contribution in [1.29, 1.82) is 0 Å². The van der Waals surface area contributed by atoms with Crippen LogP contribution in [0.25, 0.3) is 0 Å². The molecule has 0 aliphatic carbocycles.